The van der Waals surface area contributed by atoms with Crippen LogP contribution in [0.2, 0.25) is 0 Å². The monoisotopic (exact) mass is 263 g/mol. The lowest BCUT2D eigenvalue weighted by Crippen LogP contribution is -2.16. The van der Waals surface area contributed by atoms with Crippen molar-refractivity contribution in [2.24, 2.45) is 0 Å². The Morgan fingerprint density at radius 1 is 1.33 bits per heavy atom. The van der Waals surface area contributed by atoms with Gasteiger partial charge in [0.2, 0.25) is 0 Å². The molecule has 0 aliphatic carbocycles. The van der Waals surface area contributed by atoms with Crippen LogP contribution in [0.3, 0.4) is 0 Å². The molecule has 0 fully saturated rings. The molecule has 1 unspecified atom stereocenters. The van der Waals surface area contributed by atoms with Gasteiger partial charge in [-0.15, -0.1) is 6.58 Å². The molecule has 2 rings (SSSR count). The fraction of sp³-hybridized carbons (Fsp3) is 0.154. The summed E-state index contributed by atoms with van der Waals surface area (Å²) in [5.41, 5.74) is 1.06. The number of hydrogen-bond acceptors (Lipinski definition) is 3. The van der Waals surface area contributed by atoms with Gasteiger partial charge in [-0.25, -0.2) is 4.72 Å². The van der Waals surface area contributed by atoms with Gasteiger partial charge < -0.3 is 4.55 Å². The normalized spacial score (nSPS) is 11.4. The molecule has 0 radical (unpaired) electrons. The van der Waals surface area contributed by atoms with Crippen molar-refractivity contribution in [2.75, 3.05) is 6.54 Å². The molecule has 0 bridgehead atoms. The first kappa shape index (κ1) is 14.5. The molecule has 1 N–H and O–H groups in total. The van der Waals surface area contributed by atoms with E-state index >= 15 is 0 Å². The summed E-state index contributed by atoms with van der Waals surface area (Å²) in [6.45, 7) is 3.86. The van der Waals surface area contributed by atoms with Crippen molar-refractivity contribution >= 4 is 22.2 Å². The molecule has 1 aromatic carbocycles. The SMILES string of the molecule is C=CCCNS(=O)[O-].c1ccc2ncccc2c1. The molecule has 0 amide bonds. The fourth-order valence-corrected chi connectivity index (χ4v) is 1.54. The molecular weight excluding hydrogens is 248 g/mol. The van der Waals surface area contributed by atoms with Crippen LogP contribution >= 0.6 is 0 Å². The highest BCUT2D eigenvalue weighted by Gasteiger charge is 1.86. The maximum Gasteiger partial charge on any atom is 0.0701 e. The van der Waals surface area contributed by atoms with Crippen molar-refractivity contribution in [3.05, 3.63) is 55.3 Å². The molecule has 18 heavy (non-hydrogen) atoms. The minimum atomic E-state index is -2.11. The summed E-state index contributed by atoms with van der Waals surface area (Å²) in [4.78, 5) is 4.18. The highest BCUT2D eigenvalue weighted by Crippen LogP contribution is 2.07. The van der Waals surface area contributed by atoms with Crippen LogP contribution in [0.4, 0.5) is 0 Å². The highest BCUT2D eigenvalue weighted by molar-refractivity contribution is 7.77. The average molecular weight is 263 g/mol. The topological polar surface area (TPSA) is 65.0 Å². The number of para-hydroxylation sites is 1. The van der Waals surface area contributed by atoms with E-state index in [2.05, 4.69) is 28.4 Å². The van der Waals surface area contributed by atoms with Crippen molar-refractivity contribution in [1.82, 2.24) is 9.71 Å². The summed E-state index contributed by atoms with van der Waals surface area (Å²) in [6, 6.07) is 12.1. The van der Waals surface area contributed by atoms with E-state index in [1.807, 2.05) is 30.5 Å². The predicted octanol–water partition coefficient (Wildman–Crippen LogP) is 2.18. The van der Waals surface area contributed by atoms with Crippen LogP contribution in [0, 0.1) is 0 Å². The maximum atomic E-state index is 9.73. The fourth-order valence-electron chi connectivity index (χ4n) is 1.26. The van der Waals surface area contributed by atoms with Crippen molar-refractivity contribution in [3.8, 4) is 0 Å². The van der Waals surface area contributed by atoms with Crippen LogP contribution in [0.25, 0.3) is 10.9 Å². The van der Waals surface area contributed by atoms with Crippen LogP contribution in [-0.4, -0.2) is 20.3 Å². The van der Waals surface area contributed by atoms with E-state index in [1.165, 1.54) is 5.39 Å². The molecule has 0 saturated carbocycles. The number of nitrogens with zero attached hydrogens (tertiary/aromatic N) is 1. The zero-order valence-corrected chi connectivity index (χ0v) is 10.7. The lowest BCUT2D eigenvalue weighted by Gasteiger charge is -2.03. The number of pyridine rings is 1. The van der Waals surface area contributed by atoms with Gasteiger partial charge in [-0.3, -0.25) is 9.19 Å². The van der Waals surface area contributed by atoms with Gasteiger partial charge in [-0.05, 0) is 18.6 Å². The zero-order chi connectivity index (χ0) is 13.2. The van der Waals surface area contributed by atoms with Gasteiger partial charge in [0.25, 0.3) is 0 Å². The molecular formula is C13H15N2O2S-. The van der Waals surface area contributed by atoms with Crippen LogP contribution < -0.4 is 4.72 Å². The second-order valence-electron chi connectivity index (χ2n) is 3.40. The molecule has 0 saturated heterocycles. The highest BCUT2D eigenvalue weighted by atomic mass is 32.2. The summed E-state index contributed by atoms with van der Waals surface area (Å²) in [7, 11) is 0. The Kier molecular flexibility index (Phi) is 6.86. The van der Waals surface area contributed by atoms with E-state index in [0.29, 0.717) is 13.0 Å². The molecule has 1 atom stereocenters. The Morgan fingerprint density at radius 3 is 2.72 bits per heavy atom. The molecule has 0 spiro atoms. The van der Waals surface area contributed by atoms with E-state index in [9.17, 15) is 8.76 Å². The maximum absolute atomic E-state index is 9.73. The number of nitrogens with one attached hydrogen (secondary N) is 1. The molecule has 2 aromatic rings. The minimum Gasteiger partial charge on any atom is -0.760 e. The van der Waals surface area contributed by atoms with E-state index in [-0.39, 0.29) is 0 Å². The largest absolute Gasteiger partial charge is 0.760 e. The number of aromatic nitrogens is 1. The number of rotatable bonds is 4. The Morgan fingerprint density at radius 2 is 2.06 bits per heavy atom. The molecule has 0 aliphatic rings. The number of fused-ring (bicyclic) bond motifs is 1. The Bertz CT molecular complexity index is 452. The molecule has 1 heterocycles. The van der Waals surface area contributed by atoms with Gasteiger partial charge in [-0.2, -0.15) is 0 Å². The van der Waals surface area contributed by atoms with Gasteiger partial charge in [-0.1, -0.05) is 30.3 Å². The van der Waals surface area contributed by atoms with Crippen LogP contribution in [-0.2, 0) is 11.3 Å². The van der Waals surface area contributed by atoms with Crippen LogP contribution in [0.15, 0.2) is 55.3 Å². The second kappa shape index (κ2) is 8.52. The third-order valence-electron chi connectivity index (χ3n) is 2.08. The Balaban J connectivity index is 0.000000187. The lowest BCUT2D eigenvalue weighted by atomic mass is 10.2. The van der Waals surface area contributed by atoms with Gasteiger partial charge in [0.15, 0.2) is 0 Å². The first-order chi connectivity index (χ1) is 8.74. The van der Waals surface area contributed by atoms with Crippen molar-refractivity contribution in [1.29, 1.82) is 0 Å². The van der Waals surface area contributed by atoms with Gasteiger partial charge in [0.05, 0.1) is 5.52 Å². The number of benzene rings is 1. The van der Waals surface area contributed by atoms with Crippen molar-refractivity contribution in [2.45, 2.75) is 6.42 Å². The van der Waals surface area contributed by atoms with Crippen molar-refractivity contribution in [3.63, 3.8) is 0 Å². The predicted molar refractivity (Wildman–Crippen MR) is 73.5 cm³/mol. The van der Waals surface area contributed by atoms with E-state index in [4.69, 9.17) is 0 Å². The van der Waals surface area contributed by atoms with E-state index in [1.54, 1.807) is 6.08 Å². The third-order valence-corrected chi connectivity index (χ3v) is 2.52. The van der Waals surface area contributed by atoms with Crippen LogP contribution in [0.5, 0.6) is 0 Å². The second-order valence-corrected chi connectivity index (χ2v) is 4.16. The molecule has 0 aliphatic heterocycles. The summed E-state index contributed by atoms with van der Waals surface area (Å²) in [6.07, 6.45) is 4.14. The summed E-state index contributed by atoms with van der Waals surface area (Å²) >= 11 is -2.11. The molecule has 4 nitrogen and oxygen atoms in total. The van der Waals surface area contributed by atoms with Gasteiger partial charge in [0.1, 0.15) is 0 Å². The first-order valence-corrected chi connectivity index (χ1v) is 6.55. The minimum absolute atomic E-state index is 0.444. The van der Waals surface area contributed by atoms with E-state index < -0.39 is 11.3 Å². The third kappa shape index (κ3) is 5.67. The Labute approximate surface area is 109 Å². The summed E-state index contributed by atoms with van der Waals surface area (Å²) in [5, 5.41) is 1.20. The first-order valence-electron chi connectivity index (χ1n) is 5.47. The summed E-state index contributed by atoms with van der Waals surface area (Å²) < 4.78 is 21.6. The zero-order valence-electron chi connectivity index (χ0n) is 9.91. The lowest BCUT2D eigenvalue weighted by molar-refractivity contribution is 0.523. The van der Waals surface area contributed by atoms with Crippen molar-refractivity contribution < 1.29 is 8.76 Å². The smallest absolute Gasteiger partial charge is 0.0701 e. The van der Waals surface area contributed by atoms with Gasteiger partial charge in [0, 0.05) is 29.4 Å². The average Bonchev–Trinajstić information content (AvgIpc) is 2.40. The molecule has 1 aromatic heterocycles. The standard InChI is InChI=1S/C9H7N.C4H9NO2S/c1-2-6-9-8(4-1)5-3-7-10-9;1-2-3-4-5-8(6)7/h1-7H;2,5H,1,3-4H2,(H,6,7)/p-1. The number of hydrogen-bond donors (Lipinski definition) is 1. The van der Waals surface area contributed by atoms with Gasteiger partial charge >= 0.3 is 0 Å². The Hall–Kier alpha value is -1.56. The summed E-state index contributed by atoms with van der Waals surface area (Å²) in [5.74, 6) is 0. The molecule has 96 valence electrons. The van der Waals surface area contributed by atoms with Crippen LogP contribution in [0.1, 0.15) is 6.42 Å². The van der Waals surface area contributed by atoms with E-state index in [0.717, 1.165) is 5.52 Å². The molecule has 5 heteroatoms. The quantitative estimate of drug-likeness (QED) is 0.522.